The number of aromatic nitrogens is 2. The summed E-state index contributed by atoms with van der Waals surface area (Å²) in [5.74, 6) is -0.487. The maximum Gasteiger partial charge on any atom is 0.452 e. The van der Waals surface area contributed by atoms with Gasteiger partial charge in [0.1, 0.15) is 0 Å². The lowest BCUT2D eigenvalue weighted by Gasteiger charge is -2.31. The van der Waals surface area contributed by atoms with Gasteiger partial charge in [0.2, 0.25) is 11.0 Å². The lowest BCUT2D eigenvalue weighted by atomic mass is 9.97. The van der Waals surface area contributed by atoms with E-state index >= 15 is 0 Å². The summed E-state index contributed by atoms with van der Waals surface area (Å²) in [6, 6.07) is 0. The topological polar surface area (TPSA) is 50.3 Å². The van der Waals surface area contributed by atoms with Gasteiger partial charge in [-0.2, -0.15) is 22.5 Å². The van der Waals surface area contributed by atoms with Gasteiger partial charge in [-0.25, -0.2) is 0 Å². The van der Waals surface area contributed by atoms with Crippen LogP contribution in [0.25, 0.3) is 0 Å². The predicted octanol–water partition coefficient (Wildman–Crippen LogP) is 2.01. The molecule has 1 N–H and O–H groups in total. The number of alkyl halides is 3. The molecule has 120 valence electrons. The highest BCUT2D eigenvalue weighted by atomic mass is 32.1. The first-order valence-corrected chi connectivity index (χ1v) is 7.63. The molecule has 0 atom stereocenters. The predicted molar refractivity (Wildman–Crippen MR) is 74.6 cm³/mol. The monoisotopic (exact) mass is 324 g/mol. The van der Waals surface area contributed by atoms with Crippen molar-refractivity contribution < 1.29 is 17.9 Å². The fourth-order valence-electron chi connectivity index (χ4n) is 2.27. The van der Waals surface area contributed by atoms with Crippen molar-refractivity contribution in [2.75, 3.05) is 44.8 Å². The molecule has 0 radical (unpaired) electrons. The van der Waals surface area contributed by atoms with E-state index in [4.69, 9.17) is 4.74 Å². The third-order valence-electron chi connectivity index (χ3n) is 3.47. The van der Waals surface area contributed by atoms with E-state index < -0.39 is 12.0 Å². The Morgan fingerprint density at radius 1 is 1.38 bits per heavy atom. The highest BCUT2D eigenvalue weighted by Crippen LogP contribution is 2.31. The van der Waals surface area contributed by atoms with E-state index in [2.05, 4.69) is 14.7 Å². The molecule has 5 nitrogen and oxygen atoms in total. The van der Waals surface area contributed by atoms with Gasteiger partial charge in [-0.05, 0) is 25.3 Å². The Morgan fingerprint density at radius 3 is 2.67 bits per heavy atom. The Bertz CT molecular complexity index is 432. The van der Waals surface area contributed by atoms with Crippen LogP contribution in [0.5, 0.6) is 0 Å². The second-order valence-electron chi connectivity index (χ2n) is 5.03. The highest BCUT2D eigenvalue weighted by molar-refractivity contribution is 7.09. The van der Waals surface area contributed by atoms with Gasteiger partial charge in [-0.1, -0.05) is 0 Å². The van der Waals surface area contributed by atoms with Gasteiger partial charge in [-0.15, -0.1) is 0 Å². The first-order chi connectivity index (χ1) is 10.0. The normalized spacial score (nSPS) is 17.4. The standard InChI is InChI=1S/C12H19F3N4OS/c1-20-7-4-16-8-9-2-5-19(6-3-9)11-17-10(18-21-11)12(13,14)15/h9,16H,2-8H2,1H3. The number of hydrogen-bond acceptors (Lipinski definition) is 6. The average Bonchev–Trinajstić information content (AvgIpc) is 2.94. The highest BCUT2D eigenvalue weighted by Gasteiger charge is 2.36. The van der Waals surface area contributed by atoms with Crippen LogP contribution < -0.4 is 10.2 Å². The van der Waals surface area contributed by atoms with Crippen molar-refractivity contribution >= 4 is 16.7 Å². The van der Waals surface area contributed by atoms with E-state index in [1.165, 1.54) is 0 Å². The molecule has 1 aliphatic rings. The van der Waals surface area contributed by atoms with Crippen LogP contribution in [-0.2, 0) is 10.9 Å². The van der Waals surface area contributed by atoms with Crippen LogP contribution in [0.4, 0.5) is 18.3 Å². The number of rotatable bonds is 6. The molecular weight excluding hydrogens is 305 g/mol. The van der Waals surface area contributed by atoms with Gasteiger partial charge in [-0.3, -0.25) is 0 Å². The van der Waals surface area contributed by atoms with E-state index in [1.807, 2.05) is 4.90 Å². The zero-order chi connectivity index (χ0) is 15.3. The summed E-state index contributed by atoms with van der Waals surface area (Å²) < 4.78 is 45.8. The fourth-order valence-corrected chi connectivity index (χ4v) is 3.01. The summed E-state index contributed by atoms with van der Waals surface area (Å²) in [4.78, 5) is 5.48. The third kappa shape index (κ3) is 4.79. The van der Waals surface area contributed by atoms with Crippen molar-refractivity contribution in [2.24, 2.45) is 5.92 Å². The number of halogens is 3. The second-order valence-corrected chi connectivity index (χ2v) is 5.76. The first-order valence-electron chi connectivity index (χ1n) is 6.86. The van der Waals surface area contributed by atoms with E-state index in [1.54, 1.807) is 7.11 Å². The maximum atomic E-state index is 12.5. The van der Waals surface area contributed by atoms with E-state index in [0.717, 1.165) is 50.6 Å². The van der Waals surface area contributed by atoms with E-state index in [-0.39, 0.29) is 0 Å². The maximum absolute atomic E-state index is 12.5. The number of nitrogens with zero attached hydrogens (tertiary/aromatic N) is 3. The molecule has 0 aromatic carbocycles. The van der Waals surface area contributed by atoms with Gasteiger partial charge < -0.3 is 15.0 Å². The molecule has 0 amide bonds. The molecule has 1 aromatic rings. The van der Waals surface area contributed by atoms with E-state index in [9.17, 15) is 13.2 Å². The zero-order valence-corrected chi connectivity index (χ0v) is 12.6. The van der Waals surface area contributed by atoms with Gasteiger partial charge >= 0.3 is 6.18 Å². The Morgan fingerprint density at radius 2 is 2.10 bits per heavy atom. The molecule has 0 saturated carbocycles. The third-order valence-corrected chi connectivity index (χ3v) is 4.25. The van der Waals surface area contributed by atoms with Gasteiger partial charge in [0, 0.05) is 38.3 Å². The van der Waals surface area contributed by atoms with Crippen molar-refractivity contribution in [1.29, 1.82) is 0 Å². The van der Waals surface area contributed by atoms with Crippen LogP contribution in [0, 0.1) is 5.92 Å². The van der Waals surface area contributed by atoms with Crippen molar-refractivity contribution in [2.45, 2.75) is 19.0 Å². The fraction of sp³-hybridized carbons (Fsp3) is 0.833. The first kappa shape index (κ1) is 16.4. The lowest BCUT2D eigenvalue weighted by molar-refractivity contribution is -0.144. The SMILES string of the molecule is COCCNCC1CCN(c2nc(C(F)(F)F)ns2)CC1. The molecule has 2 heterocycles. The van der Waals surface area contributed by atoms with Crippen LogP contribution in [0.15, 0.2) is 0 Å². The minimum atomic E-state index is -4.46. The van der Waals surface area contributed by atoms with Gasteiger partial charge in [0.15, 0.2) is 0 Å². The molecule has 21 heavy (non-hydrogen) atoms. The van der Waals surface area contributed by atoms with E-state index in [0.29, 0.717) is 17.7 Å². The van der Waals surface area contributed by atoms with Crippen LogP contribution in [0.2, 0.25) is 0 Å². The molecule has 9 heteroatoms. The summed E-state index contributed by atoms with van der Waals surface area (Å²) >= 11 is 0.821. The number of piperidine rings is 1. The Balaban J connectivity index is 1.77. The van der Waals surface area contributed by atoms with Gasteiger partial charge in [0.05, 0.1) is 6.61 Å². The molecule has 0 unspecified atom stereocenters. The molecule has 1 saturated heterocycles. The second kappa shape index (κ2) is 7.37. The van der Waals surface area contributed by atoms with Crippen LogP contribution in [0.3, 0.4) is 0 Å². The number of nitrogens with one attached hydrogen (secondary N) is 1. The van der Waals surface area contributed by atoms with Crippen molar-refractivity contribution in [3.05, 3.63) is 5.82 Å². The summed E-state index contributed by atoms with van der Waals surface area (Å²) in [6.07, 6.45) is -2.57. The van der Waals surface area contributed by atoms with Crippen LogP contribution >= 0.6 is 11.5 Å². The molecule has 1 aromatic heterocycles. The number of anilines is 1. The van der Waals surface area contributed by atoms with Crippen molar-refractivity contribution in [3.63, 3.8) is 0 Å². The van der Waals surface area contributed by atoms with Crippen LogP contribution in [-0.4, -0.2) is 49.3 Å². The minimum Gasteiger partial charge on any atom is -0.383 e. The smallest absolute Gasteiger partial charge is 0.383 e. The molecule has 2 rings (SSSR count). The molecular formula is C12H19F3N4OS. The Labute approximate surface area is 125 Å². The zero-order valence-electron chi connectivity index (χ0n) is 11.8. The molecule has 0 spiro atoms. The average molecular weight is 324 g/mol. The molecule has 0 aliphatic carbocycles. The number of methoxy groups -OCH3 is 1. The lowest BCUT2D eigenvalue weighted by Crippen LogP contribution is -2.37. The summed E-state index contributed by atoms with van der Waals surface area (Å²) in [6.45, 7) is 3.87. The summed E-state index contributed by atoms with van der Waals surface area (Å²) in [7, 11) is 1.66. The van der Waals surface area contributed by atoms with Crippen molar-refractivity contribution in [3.8, 4) is 0 Å². The molecule has 1 aliphatic heterocycles. The summed E-state index contributed by atoms with van der Waals surface area (Å²) in [5, 5.41) is 3.69. The minimum absolute atomic E-state index is 0.369. The Kier molecular flexibility index (Phi) is 5.77. The van der Waals surface area contributed by atoms with Crippen LogP contribution in [0.1, 0.15) is 18.7 Å². The van der Waals surface area contributed by atoms with Gasteiger partial charge in [0.25, 0.3) is 0 Å². The quantitative estimate of drug-likeness (QED) is 0.811. The molecule has 1 fully saturated rings. The summed E-state index contributed by atoms with van der Waals surface area (Å²) in [5.41, 5.74) is 0. The van der Waals surface area contributed by atoms with Crippen molar-refractivity contribution in [1.82, 2.24) is 14.7 Å². The largest absolute Gasteiger partial charge is 0.452 e. The molecule has 0 bridgehead atoms. The number of hydrogen-bond donors (Lipinski definition) is 1. The number of ether oxygens (including phenoxy) is 1. The Hall–Kier alpha value is -0.930.